The highest BCUT2D eigenvalue weighted by molar-refractivity contribution is 6.48. The average Bonchev–Trinajstić information content (AvgIpc) is 2.99. The van der Waals surface area contributed by atoms with Gasteiger partial charge in [-0.1, -0.05) is 35.9 Å². The van der Waals surface area contributed by atoms with Gasteiger partial charge in [-0.05, 0) is 54.1 Å². The zero-order valence-electron chi connectivity index (χ0n) is 16.9. The second-order valence-electron chi connectivity index (χ2n) is 7.22. The van der Waals surface area contributed by atoms with E-state index >= 15 is 0 Å². The Labute approximate surface area is 184 Å². The van der Waals surface area contributed by atoms with Gasteiger partial charge < -0.3 is 10.2 Å². The topological polar surface area (TPSA) is 52.7 Å². The summed E-state index contributed by atoms with van der Waals surface area (Å²) in [6.45, 7) is 0. The molecule has 0 unspecified atom stereocenters. The van der Waals surface area contributed by atoms with E-state index in [1.807, 2.05) is 43.3 Å². The van der Waals surface area contributed by atoms with Gasteiger partial charge in [0.25, 0.3) is 11.8 Å². The van der Waals surface area contributed by atoms with Crippen molar-refractivity contribution < 1.29 is 14.0 Å². The van der Waals surface area contributed by atoms with Crippen molar-refractivity contribution in [3.05, 3.63) is 94.9 Å². The lowest BCUT2D eigenvalue weighted by atomic mass is 10.0. The second-order valence-corrected chi connectivity index (χ2v) is 7.63. The molecule has 0 bridgehead atoms. The van der Waals surface area contributed by atoms with Gasteiger partial charge in [-0.15, -0.1) is 0 Å². The number of nitrogens with one attached hydrogen (secondary N) is 1. The largest absolute Gasteiger partial charge is 0.378 e. The van der Waals surface area contributed by atoms with Gasteiger partial charge in [0.15, 0.2) is 0 Å². The smallest absolute Gasteiger partial charge is 0.282 e. The first kappa shape index (κ1) is 20.6. The van der Waals surface area contributed by atoms with Gasteiger partial charge >= 0.3 is 0 Å². The fourth-order valence-corrected chi connectivity index (χ4v) is 3.59. The molecule has 156 valence electrons. The molecule has 3 aromatic rings. The first-order chi connectivity index (χ1) is 14.9. The van der Waals surface area contributed by atoms with E-state index in [0.717, 1.165) is 10.6 Å². The molecule has 31 heavy (non-hydrogen) atoms. The molecule has 1 aliphatic rings. The number of para-hydroxylation sites is 1. The van der Waals surface area contributed by atoms with Crippen LogP contribution in [0.15, 0.2) is 78.5 Å². The first-order valence-corrected chi connectivity index (χ1v) is 9.92. The van der Waals surface area contributed by atoms with Gasteiger partial charge in [0, 0.05) is 25.5 Å². The number of carbonyl (C=O) groups is 2. The molecule has 5 nitrogen and oxygen atoms in total. The third-order valence-corrected chi connectivity index (χ3v) is 5.28. The molecule has 0 aromatic heterocycles. The molecule has 4 rings (SSSR count). The summed E-state index contributed by atoms with van der Waals surface area (Å²) in [6, 6.07) is 19.5. The average molecular weight is 436 g/mol. The summed E-state index contributed by atoms with van der Waals surface area (Å²) in [4.78, 5) is 29.7. The maximum absolute atomic E-state index is 13.5. The number of benzene rings is 3. The molecule has 3 aromatic carbocycles. The van der Waals surface area contributed by atoms with Crippen molar-refractivity contribution in [2.75, 3.05) is 29.2 Å². The molecular weight excluding hydrogens is 417 g/mol. The van der Waals surface area contributed by atoms with Crippen LogP contribution >= 0.6 is 11.6 Å². The van der Waals surface area contributed by atoms with Gasteiger partial charge in [0.2, 0.25) is 0 Å². The molecule has 2 amide bonds. The molecule has 0 saturated heterocycles. The van der Waals surface area contributed by atoms with Crippen LogP contribution in [0.5, 0.6) is 0 Å². The monoisotopic (exact) mass is 435 g/mol. The highest BCUT2D eigenvalue weighted by Gasteiger charge is 2.41. The Hall–Kier alpha value is -3.64. The van der Waals surface area contributed by atoms with Crippen molar-refractivity contribution >= 4 is 46.1 Å². The lowest BCUT2D eigenvalue weighted by Gasteiger charge is -2.17. The predicted molar refractivity (Wildman–Crippen MR) is 122 cm³/mol. The van der Waals surface area contributed by atoms with Crippen molar-refractivity contribution in [3.63, 3.8) is 0 Å². The minimum Gasteiger partial charge on any atom is -0.378 e. The number of imide groups is 1. The molecule has 0 radical (unpaired) electrons. The molecule has 1 heterocycles. The summed E-state index contributed by atoms with van der Waals surface area (Å²) in [5.41, 5.74) is 2.61. The molecule has 0 fully saturated rings. The van der Waals surface area contributed by atoms with E-state index in [-0.39, 0.29) is 16.3 Å². The van der Waals surface area contributed by atoms with E-state index in [1.165, 1.54) is 24.3 Å². The van der Waals surface area contributed by atoms with E-state index < -0.39 is 17.6 Å². The Kier molecular flexibility index (Phi) is 5.48. The van der Waals surface area contributed by atoms with Gasteiger partial charge in [-0.2, -0.15) is 0 Å². The maximum Gasteiger partial charge on any atom is 0.282 e. The van der Waals surface area contributed by atoms with Crippen LogP contribution in [0.4, 0.5) is 21.5 Å². The van der Waals surface area contributed by atoms with Crippen LogP contribution in [0.25, 0.3) is 5.57 Å². The standard InChI is InChI=1S/C24H19ClFN3O2/c1-28(2)18-13-11-17(12-14-18)27-22-21(15-7-9-16(26)10-8-15)23(30)29(24(22)31)20-6-4-3-5-19(20)25/h3-14,27H,1-2H3. The number of nitrogens with zero attached hydrogens (tertiary/aromatic N) is 2. The quantitative estimate of drug-likeness (QED) is 0.577. The summed E-state index contributed by atoms with van der Waals surface area (Å²) in [5, 5.41) is 3.36. The number of carbonyl (C=O) groups excluding carboxylic acids is 2. The van der Waals surface area contributed by atoms with E-state index in [2.05, 4.69) is 5.32 Å². The van der Waals surface area contributed by atoms with Gasteiger partial charge in [0.05, 0.1) is 16.3 Å². The fourth-order valence-electron chi connectivity index (χ4n) is 3.37. The molecule has 0 saturated carbocycles. The lowest BCUT2D eigenvalue weighted by Crippen LogP contribution is -2.32. The Balaban J connectivity index is 1.79. The van der Waals surface area contributed by atoms with E-state index in [1.54, 1.807) is 24.3 Å². The predicted octanol–water partition coefficient (Wildman–Crippen LogP) is 4.94. The Morgan fingerprint density at radius 3 is 2.13 bits per heavy atom. The van der Waals surface area contributed by atoms with Crippen molar-refractivity contribution in [1.29, 1.82) is 0 Å². The van der Waals surface area contributed by atoms with Crippen LogP contribution in [0.1, 0.15) is 5.56 Å². The second kappa shape index (κ2) is 8.24. The van der Waals surface area contributed by atoms with Crippen molar-refractivity contribution in [2.45, 2.75) is 0 Å². The van der Waals surface area contributed by atoms with Crippen LogP contribution in [-0.2, 0) is 9.59 Å². The molecule has 1 aliphatic heterocycles. The van der Waals surface area contributed by atoms with Crippen LogP contribution in [0, 0.1) is 5.82 Å². The number of hydrogen-bond acceptors (Lipinski definition) is 4. The Morgan fingerprint density at radius 2 is 1.52 bits per heavy atom. The number of amides is 2. The van der Waals surface area contributed by atoms with Crippen molar-refractivity contribution in [2.24, 2.45) is 0 Å². The minimum atomic E-state index is -0.533. The van der Waals surface area contributed by atoms with E-state index in [4.69, 9.17) is 11.6 Å². The summed E-state index contributed by atoms with van der Waals surface area (Å²) in [7, 11) is 3.86. The Morgan fingerprint density at radius 1 is 0.871 bits per heavy atom. The van der Waals surface area contributed by atoms with Crippen LogP contribution in [-0.4, -0.2) is 25.9 Å². The third kappa shape index (κ3) is 3.90. The molecule has 1 N–H and O–H groups in total. The SMILES string of the molecule is CN(C)c1ccc(NC2=C(c3ccc(F)cc3)C(=O)N(c3ccccc3Cl)C2=O)cc1. The molecule has 7 heteroatoms. The number of halogens is 2. The van der Waals surface area contributed by atoms with E-state index in [0.29, 0.717) is 16.9 Å². The van der Waals surface area contributed by atoms with Crippen LogP contribution in [0.3, 0.4) is 0 Å². The summed E-state index contributed by atoms with van der Waals surface area (Å²) in [5.74, 6) is -1.50. The van der Waals surface area contributed by atoms with Gasteiger partial charge in [-0.3, -0.25) is 9.59 Å². The van der Waals surface area contributed by atoms with Crippen molar-refractivity contribution in [3.8, 4) is 0 Å². The molecule has 0 aliphatic carbocycles. The van der Waals surface area contributed by atoms with Crippen molar-refractivity contribution in [1.82, 2.24) is 0 Å². The van der Waals surface area contributed by atoms with Crippen LogP contribution in [0.2, 0.25) is 5.02 Å². The normalized spacial score (nSPS) is 13.7. The number of rotatable bonds is 5. The lowest BCUT2D eigenvalue weighted by molar-refractivity contribution is -0.120. The maximum atomic E-state index is 13.5. The number of anilines is 3. The summed E-state index contributed by atoms with van der Waals surface area (Å²) in [6.07, 6.45) is 0. The number of hydrogen-bond donors (Lipinski definition) is 1. The van der Waals surface area contributed by atoms with E-state index in [9.17, 15) is 14.0 Å². The van der Waals surface area contributed by atoms with Gasteiger partial charge in [0.1, 0.15) is 11.5 Å². The summed E-state index contributed by atoms with van der Waals surface area (Å²) < 4.78 is 13.5. The molecule has 0 atom stereocenters. The zero-order chi connectivity index (χ0) is 22.1. The molecule has 0 spiro atoms. The third-order valence-electron chi connectivity index (χ3n) is 4.96. The highest BCUT2D eigenvalue weighted by Crippen LogP contribution is 2.36. The zero-order valence-corrected chi connectivity index (χ0v) is 17.7. The highest BCUT2D eigenvalue weighted by atomic mass is 35.5. The van der Waals surface area contributed by atoms with Gasteiger partial charge in [-0.25, -0.2) is 9.29 Å². The Bertz CT molecular complexity index is 1190. The van der Waals surface area contributed by atoms with Crippen LogP contribution < -0.4 is 15.1 Å². The minimum absolute atomic E-state index is 0.106. The fraction of sp³-hybridized carbons (Fsp3) is 0.0833. The summed E-state index contributed by atoms with van der Waals surface area (Å²) >= 11 is 6.27. The molecular formula is C24H19ClFN3O2. The first-order valence-electron chi connectivity index (χ1n) is 9.55.